The van der Waals surface area contributed by atoms with Crippen LogP contribution < -0.4 is 5.32 Å². The van der Waals surface area contributed by atoms with Crippen molar-refractivity contribution in [3.05, 3.63) is 52.7 Å². The maximum absolute atomic E-state index is 13.1. The van der Waals surface area contributed by atoms with E-state index in [1.165, 1.54) is 12.1 Å². The second-order valence-corrected chi connectivity index (χ2v) is 7.93. The van der Waals surface area contributed by atoms with Crippen LogP contribution >= 0.6 is 0 Å². The van der Waals surface area contributed by atoms with E-state index in [2.05, 4.69) is 10.3 Å². The van der Waals surface area contributed by atoms with E-state index in [1.54, 1.807) is 17.0 Å². The van der Waals surface area contributed by atoms with Gasteiger partial charge in [-0.3, -0.25) is 0 Å². The van der Waals surface area contributed by atoms with Crippen LogP contribution in [0.3, 0.4) is 0 Å². The molecule has 1 aliphatic heterocycles. The molecule has 0 bridgehead atoms. The van der Waals surface area contributed by atoms with Crippen molar-refractivity contribution in [3.63, 3.8) is 0 Å². The molecule has 7 heteroatoms. The second-order valence-electron chi connectivity index (χ2n) is 7.93. The summed E-state index contributed by atoms with van der Waals surface area (Å²) in [4.78, 5) is 23.5. The van der Waals surface area contributed by atoms with Crippen molar-refractivity contribution in [3.8, 4) is 0 Å². The molecule has 0 saturated carbocycles. The maximum Gasteiger partial charge on any atom is 0.410 e. The first-order valence-corrected chi connectivity index (χ1v) is 9.54. The third-order valence-corrected chi connectivity index (χ3v) is 4.55. The van der Waals surface area contributed by atoms with Gasteiger partial charge in [-0.25, -0.2) is 19.2 Å². The molecule has 28 heavy (non-hydrogen) atoms. The van der Waals surface area contributed by atoms with E-state index in [-0.39, 0.29) is 11.9 Å². The van der Waals surface area contributed by atoms with Crippen LogP contribution in [0.15, 0.2) is 24.3 Å². The number of carbonyl (C=O) groups excluding carboxylic acids is 1. The number of nitrogens with one attached hydrogen (secondary N) is 1. The van der Waals surface area contributed by atoms with Gasteiger partial charge in [-0.1, -0.05) is 12.1 Å². The summed E-state index contributed by atoms with van der Waals surface area (Å²) in [6, 6.07) is 6.37. The fraction of sp³-hybridized carbons (Fsp3) is 0.476. The minimum Gasteiger partial charge on any atom is -0.444 e. The first kappa shape index (κ1) is 20.0. The Hall–Kier alpha value is -2.70. The number of anilines is 1. The largest absolute Gasteiger partial charge is 0.444 e. The van der Waals surface area contributed by atoms with E-state index in [0.29, 0.717) is 38.2 Å². The predicted molar refractivity (Wildman–Crippen MR) is 106 cm³/mol. The minimum atomic E-state index is -0.519. The number of rotatable bonds is 3. The van der Waals surface area contributed by atoms with E-state index < -0.39 is 5.60 Å². The summed E-state index contributed by atoms with van der Waals surface area (Å²) in [6.07, 6.45) is 1.53. The number of nitrogens with zero attached hydrogens (tertiary/aromatic N) is 3. The van der Waals surface area contributed by atoms with Crippen molar-refractivity contribution < 1.29 is 13.9 Å². The van der Waals surface area contributed by atoms with Crippen LogP contribution in [-0.2, 0) is 24.0 Å². The van der Waals surface area contributed by atoms with Gasteiger partial charge in [0.2, 0.25) is 0 Å². The fourth-order valence-electron chi connectivity index (χ4n) is 3.23. The van der Waals surface area contributed by atoms with Crippen molar-refractivity contribution in [1.82, 2.24) is 14.9 Å². The Morgan fingerprint density at radius 2 is 1.86 bits per heavy atom. The molecule has 0 fully saturated rings. The Bertz CT molecular complexity index is 847. The Morgan fingerprint density at radius 1 is 1.18 bits per heavy atom. The number of benzene rings is 1. The molecule has 0 spiro atoms. The molecule has 2 aromatic rings. The number of halogens is 1. The summed E-state index contributed by atoms with van der Waals surface area (Å²) in [5, 5.41) is 3.15. The summed E-state index contributed by atoms with van der Waals surface area (Å²) in [6.45, 7) is 6.71. The lowest BCUT2D eigenvalue weighted by Crippen LogP contribution is -2.38. The van der Waals surface area contributed by atoms with Gasteiger partial charge in [0.05, 0.1) is 5.69 Å². The van der Waals surface area contributed by atoms with Gasteiger partial charge in [0.25, 0.3) is 0 Å². The van der Waals surface area contributed by atoms with Gasteiger partial charge in [-0.15, -0.1) is 0 Å². The van der Waals surface area contributed by atoms with Crippen LogP contribution in [0.25, 0.3) is 0 Å². The molecule has 150 valence electrons. The lowest BCUT2D eigenvalue weighted by molar-refractivity contribution is 0.0258. The fourth-order valence-corrected chi connectivity index (χ4v) is 3.23. The lowest BCUT2D eigenvalue weighted by Gasteiger charge is -2.26. The number of carbonyl (C=O) groups is 1. The van der Waals surface area contributed by atoms with E-state index >= 15 is 0 Å². The maximum atomic E-state index is 13.1. The molecule has 0 unspecified atom stereocenters. The molecule has 2 heterocycles. The number of aromatic nitrogens is 2. The van der Waals surface area contributed by atoms with Crippen molar-refractivity contribution in [2.75, 3.05) is 25.5 Å². The molecule has 3 rings (SSSR count). The number of amides is 1. The third kappa shape index (κ3) is 4.97. The Labute approximate surface area is 165 Å². The summed E-state index contributed by atoms with van der Waals surface area (Å²) in [5.74, 6) is 1.21. The van der Waals surface area contributed by atoms with Crippen molar-refractivity contribution >= 4 is 11.9 Å². The SMILES string of the molecule is CNc1nc(Cc2ccc(F)cc2)nc2c1CCN(C(=O)OC(C)(C)C)CC2. The highest BCUT2D eigenvalue weighted by Gasteiger charge is 2.26. The van der Waals surface area contributed by atoms with E-state index in [4.69, 9.17) is 9.72 Å². The first-order valence-electron chi connectivity index (χ1n) is 9.54. The van der Waals surface area contributed by atoms with Gasteiger partial charge in [-0.2, -0.15) is 0 Å². The Kier molecular flexibility index (Phi) is 5.82. The van der Waals surface area contributed by atoms with Gasteiger partial charge < -0.3 is 15.0 Å². The molecule has 1 amide bonds. The van der Waals surface area contributed by atoms with Crippen LogP contribution in [0.2, 0.25) is 0 Å². The zero-order valence-corrected chi connectivity index (χ0v) is 16.9. The molecule has 0 aliphatic carbocycles. The van der Waals surface area contributed by atoms with Gasteiger partial charge in [0.15, 0.2) is 0 Å². The summed E-state index contributed by atoms with van der Waals surface area (Å²) in [7, 11) is 1.83. The van der Waals surface area contributed by atoms with Crippen LogP contribution in [0.4, 0.5) is 15.0 Å². The highest BCUT2D eigenvalue weighted by Crippen LogP contribution is 2.23. The quantitative estimate of drug-likeness (QED) is 0.873. The second kappa shape index (κ2) is 8.12. The zero-order valence-electron chi connectivity index (χ0n) is 16.9. The molecule has 0 radical (unpaired) electrons. The number of hydrogen-bond acceptors (Lipinski definition) is 5. The first-order chi connectivity index (χ1) is 13.2. The normalized spacial score (nSPS) is 14.2. The molecular weight excluding hydrogens is 359 g/mol. The minimum absolute atomic E-state index is 0.259. The molecule has 1 aromatic carbocycles. The smallest absolute Gasteiger partial charge is 0.410 e. The molecule has 1 aliphatic rings. The molecule has 1 aromatic heterocycles. The predicted octanol–water partition coefficient (Wildman–Crippen LogP) is 3.58. The van der Waals surface area contributed by atoms with Gasteiger partial charge in [0, 0.05) is 38.5 Å². The monoisotopic (exact) mass is 386 g/mol. The van der Waals surface area contributed by atoms with Gasteiger partial charge in [-0.05, 0) is 44.9 Å². The van der Waals surface area contributed by atoms with E-state index in [9.17, 15) is 9.18 Å². The van der Waals surface area contributed by atoms with Crippen LogP contribution in [0.1, 0.15) is 43.4 Å². The Morgan fingerprint density at radius 3 is 2.50 bits per heavy atom. The topological polar surface area (TPSA) is 67.4 Å². The highest BCUT2D eigenvalue weighted by atomic mass is 19.1. The Balaban J connectivity index is 1.79. The van der Waals surface area contributed by atoms with Crippen molar-refractivity contribution in [2.45, 2.75) is 45.6 Å². The third-order valence-electron chi connectivity index (χ3n) is 4.55. The van der Waals surface area contributed by atoms with Crippen LogP contribution in [0.5, 0.6) is 0 Å². The van der Waals surface area contributed by atoms with Gasteiger partial charge in [0.1, 0.15) is 23.1 Å². The average molecular weight is 386 g/mol. The average Bonchev–Trinajstić information content (AvgIpc) is 2.84. The molecule has 0 atom stereocenters. The number of hydrogen-bond donors (Lipinski definition) is 1. The molecule has 1 N–H and O–H groups in total. The van der Waals surface area contributed by atoms with Gasteiger partial charge >= 0.3 is 6.09 Å². The van der Waals surface area contributed by atoms with Crippen LogP contribution in [-0.4, -0.2) is 46.7 Å². The lowest BCUT2D eigenvalue weighted by atomic mass is 10.1. The summed E-state index contributed by atoms with van der Waals surface area (Å²) in [5.41, 5.74) is 2.42. The zero-order chi connectivity index (χ0) is 20.3. The number of fused-ring (bicyclic) bond motifs is 1. The summed E-state index contributed by atoms with van der Waals surface area (Å²) < 4.78 is 18.6. The standard InChI is InChI=1S/C21H27FN4O2/c1-21(2,3)28-20(27)26-11-9-16-17(10-12-26)24-18(25-19(16)23-4)13-14-5-7-15(22)8-6-14/h5-8H,9-13H2,1-4H3,(H,23,24,25). The molecule has 0 saturated heterocycles. The van der Waals surface area contributed by atoms with Crippen molar-refractivity contribution in [2.24, 2.45) is 0 Å². The number of ether oxygens (including phenoxy) is 1. The molecular formula is C21H27FN4O2. The van der Waals surface area contributed by atoms with Crippen molar-refractivity contribution in [1.29, 1.82) is 0 Å². The molecule has 6 nitrogen and oxygen atoms in total. The van der Waals surface area contributed by atoms with E-state index in [0.717, 1.165) is 22.6 Å². The van der Waals surface area contributed by atoms with E-state index in [1.807, 2.05) is 27.8 Å². The summed E-state index contributed by atoms with van der Waals surface area (Å²) >= 11 is 0. The van der Waals surface area contributed by atoms with Crippen LogP contribution in [0, 0.1) is 5.82 Å². The highest BCUT2D eigenvalue weighted by molar-refractivity contribution is 5.68.